The van der Waals surface area contributed by atoms with Crippen LogP contribution < -0.4 is 0 Å². The summed E-state index contributed by atoms with van der Waals surface area (Å²) < 4.78 is 14.1. The first-order valence-electron chi connectivity index (χ1n) is 14.0. The summed E-state index contributed by atoms with van der Waals surface area (Å²) in [5.74, 6) is 0.232. The third kappa shape index (κ3) is 7.44. The number of ketones is 1. The van der Waals surface area contributed by atoms with E-state index in [4.69, 9.17) is 0 Å². The molecule has 215 valence electrons. The van der Waals surface area contributed by atoms with E-state index in [0.29, 0.717) is 5.39 Å². The van der Waals surface area contributed by atoms with Gasteiger partial charge in [-0.15, -0.1) is 34.9 Å². The Kier molecular flexibility index (Phi) is 12.2. The maximum absolute atomic E-state index is 14.1. The van der Waals surface area contributed by atoms with Crippen LogP contribution in [0.15, 0.2) is 66.6 Å². The fraction of sp³-hybridized carbons (Fsp3) is 0.371. The number of aryl methyl sites for hydroxylation is 2. The molecule has 0 amide bonds. The number of carbonyl (C=O) groups is 1. The molecule has 4 aromatic rings. The van der Waals surface area contributed by atoms with Crippen LogP contribution in [0, 0.1) is 37.1 Å². The molecule has 0 saturated heterocycles. The number of aliphatic hydroxyl groups is 1. The van der Waals surface area contributed by atoms with E-state index in [0.717, 1.165) is 58.7 Å². The van der Waals surface area contributed by atoms with Crippen LogP contribution in [0.1, 0.15) is 71.4 Å². The first-order valence-corrected chi connectivity index (χ1v) is 14.0. The SMILES string of the molecule is CCC(CC)/C(O)=C/C(=O)C(C)(CC)CC.Cc1[c-]c(-c2nccc3ccc4c(F)cccc4c23)cc(C)c1.[Ir]. The predicted molar refractivity (Wildman–Crippen MR) is 161 cm³/mol. The Morgan fingerprint density at radius 3 is 2.30 bits per heavy atom. The van der Waals surface area contributed by atoms with Gasteiger partial charge in [-0.25, -0.2) is 4.39 Å². The number of rotatable bonds is 8. The average Bonchev–Trinajstić information content (AvgIpc) is 2.92. The normalized spacial score (nSPS) is 11.8. The maximum atomic E-state index is 14.1. The number of aliphatic hydroxyl groups excluding tert-OH is 1. The van der Waals surface area contributed by atoms with Gasteiger partial charge in [-0.1, -0.05) is 72.7 Å². The average molecular weight is 719 g/mol. The van der Waals surface area contributed by atoms with Crippen LogP contribution >= 0.6 is 0 Å². The zero-order valence-electron chi connectivity index (χ0n) is 24.7. The fourth-order valence-electron chi connectivity index (χ4n) is 4.96. The Hall–Kier alpha value is -2.88. The summed E-state index contributed by atoms with van der Waals surface area (Å²) in [4.78, 5) is 16.6. The second-order valence-electron chi connectivity index (χ2n) is 10.6. The van der Waals surface area contributed by atoms with Gasteiger partial charge in [-0.2, -0.15) is 0 Å². The molecule has 0 unspecified atom stereocenters. The zero-order valence-corrected chi connectivity index (χ0v) is 27.1. The summed E-state index contributed by atoms with van der Waals surface area (Å²) in [5, 5.41) is 13.4. The molecular weight excluding hydrogens is 678 g/mol. The topological polar surface area (TPSA) is 50.2 Å². The molecule has 3 nitrogen and oxygen atoms in total. The van der Waals surface area contributed by atoms with E-state index in [1.165, 1.54) is 17.7 Å². The molecule has 0 aliphatic heterocycles. The largest absolute Gasteiger partial charge is 0.512 e. The van der Waals surface area contributed by atoms with Gasteiger partial charge < -0.3 is 10.1 Å². The number of benzene rings is 3. The van der Waals surface area contributed by atoms with Gasteiger partial charge in [0.25, 0.3) is 0 Å². The van der Waals surface area contributed by atoms with Crippen molar-refractivity contribution in [2.75, 3.05) is 0 Å². The van der Waals surface area contributed by atoms with Gasteiger partial charge in [0.15, 0.2) is 5.78 Å². The number of carbonyl (C=O) groups excluding carboxylic acids is 1. The molecule has 4 rings (SSSR count). The fourth-order valence-corrected chi connectivity index (χ4v) is 4.96. The monoisotopic (exact) mass is 719 g/mol. The molecule has 1 aromatic heterocycles. The minimum absolute atomic E-state index is 0. The number of hydrogen-bond donors (Lipinski definition) is 1. The van der Waals surface area contributed by atoms with Crippen molar-refractivity contribution in [3.05, 3.63) is 89.6 Å². The van der Waals surface area contributed by atoms with Crippen molar-refractivity contribution in [3.63, 3.8) is 0 Å². The van der Waals surface area contributed by atoms with Gasteiger partial charge in [-0.3, -0.25) is 4.79 Å². The Morgan fingerprint density at radius 2 is 1.70 bits per heavy atom. The molecule has 0 atom stereocenters. The van der Waals surface area contributed by atoms with Crippen molar-refractivity contribution < 1.29 is 34.4 Å². The summed E-state index contributed by atoms with van der Waals surface area (Å²) in [5.41, 5.74) is 3.72. The molecule has 40 heavy (non-hydrogen) atoms. The minimum Gasteiger partial charge on any atom is -0.512 e. The Bertz CT molecular complexity index is 1470. The molecule has 0 fully saturated rings. The molecule has 0 spiro atoms. The summed E-state index contributed by atoms with van der Waals surface area (Å²) in [6.07, 6.45) is 6.63. The Labute approximate surface area is 252 Å². The van der Waals surface area contributed by atoms with Crippen molar-refractivity contribution in [2.45, 2.75) is 74.1 Å². The van der Waals surface area contributed by atoms with Crippen molar-refractivity contribution in [1.82, 2.24) is 4.98 Å². The number of aromatic nitrogens is 1. The number of pyridine rings is 1. The van der Waals surface area contributed by atoms with Crippen LogP contribution in [0.4, 0.5) is 4.39 Å². The predicted octanol–water partition coefficient (Wildman–Crippen LogP) is 9.87. The van der Waals surface area contributed by atoms with Crippen LogP contribution in [0.3, 0.4) is 0 Å². The van der Waals surface area contributed by atoms with Crippen LogP contribution in [-0.2, 0) is 24.9 Å². The first-order chi connectivity index (χ1) is 18.6. The van der Waals surface area contributed by atoms with Gasteiger partial charge in [0, 0.05) is 49.1 Å². The molecule has 1 N–H and O–H groups in total. The molecule has 0 aliphatic rings. The molecule has 0 aliphatic carbocycles. The molecular formula is C35H41FIrNO2-. The Balaban J connectivity index is 0.000000294. The Morgan fingerprint density at radius 1 is 1.02 bits per heavy atom. The quantitative estimate of drug-likeness (QED) is 0.0855. The third-order valence-electron chi connectivity index (χ3n) is 7.98. The van der Waals surface area contributed by atoms with Crippen molar-refractivity contribution in [3.8, 4) is 11.3 Å². The molecule has 1 heterocycles. The van der Waals surface area contributed by atoms with E-state index in [1.54, 1.807) is 12.3 Å². The molecule has 1 radical (unpaired) electrons. The first kappa shape index (κ1) is 33.3. The van der Waals surface area contributed by atoms with Crippen LogP contribution in [-0.4, -0.2) is 15.9 Å². The van der Waals surface area contributed by atoms with Gasteiger partial charge in [0.1, 0.15) is 5.82 Å². The van der Waals surface area contributed by atoms with Crippen LogP contribution in [0.25, 0.3) is 32.8 Å². The van der Waals surface area contributed by atoms with Crippen molar-refractivity contribution >= 4 is 27.3 Å². The number of fused-ring (bicyclic) bond motifs is 3. The van der Waals surface area contributed by atoms with E-state index < -0.39 is 0 Å². The van der Waals surface area contributed by atoms with E-state index in [-0.39, 0.29) is 48.8 Å². The standard InChI is InChI=1S/C21H15FN.C14H26O2.Ir/c1-13-10-14(2)12-16(11-13)21-20-15(8-9-23-21)6-7-17-18(20)4-3-5-19(17)22;1-6-11(7-2)12(15)10-13(16)14(5,8-3)9-4;/h3-11H,1-2H3;10-11,15H,6-9H2,1-5H3;/q-1;;/b;12-10-;. The van der Waals surface area contributed by atoms with Crippen LogP contribution in [0.5, 0.6) is 0 Å². The van der Waals surface area contributed by atoms with E-state index >= 15 is 0 Å². The van der Waals surface area contributed by atoms with E-state index in [9.17, 15) is 14.3 Å². The molecule has 3 aromatic carbocycles. The maximum Gasteiger partial charge on any atom is 0.164 e. The van der Waals surface area contributed by atoms with Gasteiger partial charge in [0.2, 0.25) is 0 Å². The van der Waals surface area contributed by atoms with E-state index in [1.807, 2.05) is 65.8 Å². The summed E-state index contributed by atoms with van der Waals surface area (Å²) in [6, 6.07) is 18.5. The number of allylic oxidation sites excluding steroid dienone is 2. The summed E-state index contributed by atoms with van der Waals surface area (Å²) in [7, 11) is 0. The second-order valence-corrected chi connectivity index (χ2v) is 10.6. The molecule has 0 saturated carbocycles. The van der Waals surface area contributed by atoms with Gasteiger partial charge in [-0.05, 0) is 59.7 Å². The van der Waals surface area contributed by atoms with Crippen molar-refractivity contribution in [2.24, 2.45) is 11.3 Å². The van der Waals surface area contributed by atoms with Crippen LogP contribution in [0.2, 0.25) is 0 Å². The summed E-state index contributed by atoms with van der Waals surface area (Å²) in [6.45, 7) is 14.1. The second kappa shape index (κ2) is 14.7. The van der Waals surface area contributed by atoms with E-state index in [2.05, 4.69) is 30.1 Å². The molecule has 0 bridgehead atoms. The zero-order chi connectivity index (χ0) is 28.7. The summed E-state index contributed by atoms with van der Waals surface area (Å²) >= 11 is 0. The third-order valence-corrected chi connectivity index (χ3v) is 7.98. The van der Waals surface area contributed by atoms with Crippen molar-refractivity contribution in [1.29, 1.82) is 0 Å². The number of nitrogens with zero attached hydrogens (tertiary/aromatic N) is 1. The van der Waals surface area contributed by atoms with Gasteiger partial charge in [0.05, 0.1) is 5.76 Å². The number of hydrogen-bond acceptors (Lipinski definition) is 3. The smallest absolute Gasteiger partial charge is 0.164 e. The number of halogens is 1. The minimum atomic E-state index is -0.319. The molecule has 5 heteroatoms. The van der Waals surface area contributed by atoms with Gasteiger partial charge >= 0.3 is 0 Å².